The zero-order valence-electron chi connectivity index (χ0n) is 15.9. The second kappa shape index (κ2) is 7.45. The molecule has 0 bridgehead atoms. The number of benzene rings is 1. The van der Waals surface area contributed by atoms with Gasteiger partial charge in [0.05, 0.1) is 12.5 Å². The number of anilines is 1. The average molecular weight is 386 g/mol. The molecular formula is C21H26N2O5. The Morgan fingerprint density at radius 1 is 1.25 bits per heavy atom. The summed E-state index contributed by atoms with van der Waals surface area (Å²) in [4.78, 5) is 36.8. The number of ether oxygens (including phenoxy) is 1. The van der Waals surface area contributed by atoms with Crippen molar-refractivity contribution in [3.63, 3.8) is 0 Å². The van der Waals surface area contributed by atoms with E-state index in [1.165, 1.54) is 0 Å². The van der Waals surface area contributed by atoms with Crippen LogP contribution in [0.1, 0.15) is 44.1 Å². The Kier molecular flexibility index (Phi) is 5.00. The van der Waals surface area contributed by atoms with Crippen LogP contribution in [0.4, 0.5) is 5.69 Å². The van der Waals surface area contributed by atoms with Crippen molar-refractivity contribution in [2.24, 2.45) is 11.3 Å². The summed E-state index contributed by atoms with van der Waals surface area (Å²) < 4.78 is 5.77. The molecule has 2 amide bonds. The third-order valence-corrected chi connectivity index (χ3v) is 6.38. The van der Waals surface area contributed by atoms with Gasteiger partial charge in [-0.2, -0.15) is 0 Å². The molecule has 4 rings (SSSR count). The van der Waals surface area contributed by atoms with Gasteiger partial charge in [0, 0.05) is 31.6 Å². The molecule has 2 heterocycles. The fourth-order valence-corrected chi connectivity index (χ4v) is 4.47. The number of likely N-dealkylation sites (tertiary alicyclic amines) is 1. The van der Waals surface area contributed by atoms with Crippen LogP contribution in [0.15, 0.2) is 18.2 Å². The molecule has 0 aromatic heterocycles. The van der Waals surface area contributed by atoms with Crippen LogP contribution in [0.25, 0.3) is 0 Å². The maximum absolute atomic E-state index is 12.4. The normalized spacial score (nSPS) is 22.4. The molecule has 150 valence electrons. The van der Waals surface area contributed by atoms with E-state index in [0.29, 0.717) is 39.0 Å². The van der Waals surface area contributed by atoms with Crippen LogP contribution in [0.5, 0.6) is 5.75 Å². The second-order valence-electron chi connectivity index (χ2n) is 8.16. The van der Waals surface area contributed by atoms with Crippen LogP contribution in [-0.2, 0) is 20.8 Å². The Bertz CT molecular complexity index is 798. The number of carbonyl (C=O) groups excluding carboxylic acids is 2. The molecule has 1 aliphatic carbocycles. The molecule has 7 heteroatoms. The Hall–Kier alpha value is -2.57. The largest absolute Gasteiger partial charge is 0.494 e. The Morgan fingerprint density at radius 2 is 2.04 bits per heavy atom. The molecular weight excluding hydrogens is 360 g/mol. The summed E-state index contributed by atoms with van der Waals surface area (Å²) in [6.45, 7) is 1.80. The van der Waals surface area contributed by atoms with Gasteiger partial charge in [0.1, 0.15) is 5.75 Å². The third kappa shape index (κ3) is 3.84. The highest BCUT2D eigenvalue weighted by Crippen LogP contribution is 2.59. The van der Waals surface area contributed by atoms with Gasteiger partial charge < -0.3 is 20.1 Å². The fourth-order valence-electron chi connectivity index (χ4n) is 4.47. The molecule has 1 aromatic carbocycles. The number of nitrogens with one attached hydrogen (secondary N) is 1. The highest BCUT2D eigenvalue weighted by Gasteiger charge is 2.59. The van der Waals surface area contributed by atoms with Gasteiger partial charge in [-0.05, 0) is 61.3 Å². The number of amides is 2. The van der Waals surface area contributed by atoms with Crippen LogP contribution in [0, 0.1) is 11.3 Å². The molecule has 1 atom stereocenters. The first-order valence-corrected chi connectivity index (χ1v) is 10.0. The Balaban J connectivity index is 1.17. The van der Waals surface area contributed by atoms with Crippen molar-refractivity contribution < 1.29 is 24.2 Å². The Morgan fingerprint density at radius 3 is 2.75 bits per heavy atom. The minimum Gasteiger partial charge on any atom is -0.494 e. The molecule has 1 unspecified atom stereocenters. The van der Waals surface area contributed by atoms with Crippen molar-refractivity contribution in [3.8, 4) is 5.75 Å². The van der Waals surface area contributed by atoms with Crippen molar-refractivity contribution in [2.75, 3.05) is 25.0 Å². The lowest BCUT2D eigenvalue weighted by atomic mass is 9.90. The number of aliphatic carboxylic acids is 1. The standard InChI is InChI=1S/C21H26N2O5/c24-18-6-3-14-12-15(4-5-17(14)22-18)28-11-1-2-19(25)23-9-7-21(8-10-23)13-16(21)20(26)27/h4-5,12,16H,1-3,6-11,13H2,(H,22,24)(H,26,27). The summed E-state index contributed by atoms with van der Waals surface area (Å²) in [6.07, 6.45) is 4.67. The van der Waals surface area contributed by atoms with Gasteiger partial charge in [0.25, 0.3) is 0 Å². The molecule has 1 spiro atoms. The van der Waals surface area contributed by atoms with E-state index in [-0.39, 0.29) is 23.1 Å². The van der Waals surface area contributed by atoms with Gasteiger partial charge in [0.2, 0.25) is 11.8 Å². The van der Waals surface area contributed by atoms with E-state index in [9.17, 15) is 14.4 Å². The molecule has 0 radical (unpaired) electrons. The summed E-state index contributed by atoms with van der Waals surface area (Å²) in [6, 6.07) is 5.65. The number of carboxylic acid groups (broad SMARTS) is 1. The minimum atomic E-state index is -0.693. The topological polar surface area (TPSA) is 95.9 Å². The number of hydrogen-bond donors (Lipinski definition) is 2. The summed E-state index contributed by atoms with van der Waals surface area (Å²) in [5.74, 6) is 0.0305. The predicted octanol–water partition coefficient (Wildman–Crippen LogP) is 2.44. The number of aryl methyl sites for hydroxylation is 1. The van der Waals surface area contributed by atoms with Gasteiger partial charge in [-0.1, -0.05) is 0 Å². The van der Waals surface area contributed by atoms with Gasteiger partial charge >= 0.3 is 5.97 Å². The van der Waals surface area contributed by atoms with Crippen LogP contribution < -0.4 is 10.1 Å². The predicted molar refractivity (Wildman–Crippen MR) is 102 cm³/mol. The molecule has 1 aromatic rings. The maximum atomic E-state index is 12.4. The summed E-state index contributed by atoms with van der Waals surface area (Å²) in [7, 11) is 0. The van der Waals surface area contributed by atoms with Crippen LogP contribution in [0.3, 0.4) is 0 Å². The number of carboxylic acids is 1. The summed E-state index contributed by atoms with van der Waals surface area (Å²) >= 11 is 0. The summed E-state index contributed by atoms with van der Waals surface area (Å²) in [5, 5.41) is 12.0. The zero-order chi connectivity index (χ0) is 19.7. The van der Waals surface area contributed by atoms with E-state index in [1.54, 1.807) is 0 Å². The third-order valence-electron chi connectivity index (χ3n) is 6.38. The first kappa shape index (κ1) is 18.8. The smallest absolute Gasteiger partial charge is 0.307 e. The van der Waals surface area contributed by atoms with Crippen LogP contribution in [-0.4, -0.2) is 47.5 Å². The number of piperidine rings is 1. The minimum absolute atomic E-state index is 0.0440. The molecule has 28 heavy (non-hydrogen) atoms. The first-order chi connectivity index (χ1) is 13.5. The van der Waals surface area contributed by atoms with Gasteiger partial charge in [-0.25, -0.2) is 0 Å². The zero-order valence-corrected chi connectivity index (χ0v) is 15.9. The average Bonchev–Trinajstić information content (AvgIpc) is 3.39. The van der Waals surface area contributed by atoms with Gasteiger partial charge in [-0.3, -0.25) is 14.4 Å². The molecule has 7 nitrogen and oxygen atoms in total. The molecule has 1 saturated carbocycles. The first-order valence-electron chi connectivity index (χ1n) is 10.0. The molecule has 3 aliphatic rings. The lowest BCUT2D eigenvalue weighted by molar-refractivity contribution is -0.140. The quantitative estimate of drug-likeness (QED) is 0.732. The monoisotopic (exact) mass is 386 g/mol. The van der Waals surface area contributed by atoms with E-state index in [0.717, 1.165) is 42.7 Å². The van der Waals surface area contributed by atoms with Crippen LogP contribution >= 0.6 is 0 Å². The highest BCUT2D eigenvalue weighted by molar-refractivity contribution is 5.94. The van der Waals surface area contributed by atoms with Crippen molar-refractivity contribution in [2.45, 2.75) is 44.9 Å². The number of fused-ring (bicyclic) bond motifs is 1. The highest BCUT2D eigenvalue weighted by atomic mass is 16.5. The lowest BCUT2D eigenvalue weighted by Crippen LogP contribution is -2.40. The van der Waals surface area contributed by atoms with E-state index >= 15 is 0 Å². The van der Waals surface area contributed by atoms with E-state index < -0.39 is 5.97 Å². The number of carbonyl (C=O) groups is 3. The van der Waals surface area contributed by atoms with E-state index in [4.69, 9.17) is 9.84 Å². The van der Waals surface area contributed by atoms with Gasteiger partial charge in [-0.15, -0.1) is 0 Å². The van der Waals surface area contributed by atoms with Crippen molar-refractivity contribution in [1.29, 1.82) is 0 Å². The van der Waals surface area contributed by atoms with Crippen molar-refractivity contribution in [3.05, 3.63) is 23.8 Å². The Labute approximate surface area is 164 Å². The molecule has 2 aliphatic heterocycles. The molecule has 2 fully saturated rings. The molecule has 1 saturated heterocycles. The van der Waals surface area contributed by atoms with E-state index in [1.807, 2.05) is 23.1 Å². The van der Waals surface area contributed by atoms with E-state index in [2.05, 4.69) is 5.32 Å². The SMILES string of the molecule is O=C1CCc2cc(OCCCC(=O)N3CCC4(CC3)CC4C(=O)O)ccc2N1. The van der Waals surface area contributed by atoms with Crippen LogP contribution in [0.2, 0.25) is 0 Å². The summed E-state index contributed by atoms with van der Waals surface area (Å²) in [5.41, 5.74) is 1.88. The van der Waals surface area contributed by atoms with Gasteiger partial charge in [0.15, 0.2) is 0 Å². The number of nitrogens with zero attached hydrogens (tertiary/aromatic N) is 1. The fraction of sp³-hybridized carbons (Fsp3) is 0.571. The maximum Gasteiger partial charge on any atom is 0.307 e. The van der Waals surface area contributed by atoms with Crippen molar-refractivity contribution in [1.82, 2.24) is 4.90 Å². The second-order valence-corrected chi connectivity index (χ2v) is 8.16. The lowest BCUT2D eigenvalue weighted by Gasteiger charge is -2.32. The van der Waals surface area contributed by atoms with Crippen molar-refractivity contribution >= 4 is 23.5 Å². The number of rotatable bonds is 6. The number of hydrogen-bond acceptors (Lipinski definition) is 4. The molecule has 2 N–H and O–H groups in total.